The van der Waals surface area contributed by atoms with E-state index in [4.69, 9.17) is 9.47 Å². The highest BCUT2D eigenvalue weighted by Crippen LogP contribution is 2.93. The molecule has 6 fully saturated rings. The molecule has 2 heterocycles. The van der Waals surface area contributed by atoms with Gasteiger partial charge in [0.25, 0.3) is 0 Å². The van der Waals surface area contributed by atoms with E-state index in [1.807, 2.05) is 20.1 Å². The van der Waals surface area contributed by atoms with Gasteiger partial charge in [-0.3, -0.25) is 0 Å². The van der Waals surface area contributed by atoms with Crippen molar-refractivity contribution >= 4 is 11.3 Å². The zero-order valence-electron chi connectivity index (χ0n) is 21.3. The standard InChI is InChI=1S/C31H36O4S/c1-26(33,20-7-12-36-16-20)22-15-28-9-11-31(22,34-2)25-30(28)10-8-27(13-18-3-4-18)17-29(27,28)14-19-5-6-21(32)24(35-25)23(19)30/h5-7,12,16,18,22,25,32-33H,3-4,8-11,13-15,17H2,1-2H3/t22-,25-,26-,27?,28-,29?,30+,31-/m1/s1. The second kappa shape index (κ2) is 6.02. The second-order valence-electron chi connectivity index (χ2n) is 13.9. The zero-order valence-corrected chi connectivity index (χ0v) is 22.1. The third kappa shape index (κ3) is 1.94. The molecule has 7 aliphatic carbocycles. The molecule has 4 bridgehead atoms. The van der Waals surface area contributed by atoms with Crippen LogP contribution in [0.3, 0.4) is 0 Å². The van der Waals surface area contributed by atoms with E-state index in [0.717, 1.165) is 49.3 Å². The van der Waals surface area contributed by atoms with Crippen molar-refractivity contribution in [2.75, 3.05) is 7.11 Å². The summed E-state index contributed by atoms with van der Waals surface area (Å²) >= 11 is 1.65. The van der Waals surface area contributed by atoms with E-state index in [1.54, 1.807) is 11.3 Å². The normalized spacial score (nSPS) is 48.1. The number of hydrogen-bond donors (Lipinski definition) is 2. The smallest absolute Gasteiger partial charge is 0.165 e. The summed E-state index contributed by atoms with van der Waals surface area (Å²) in [7, 11) is 1.84. The van der Waals surface area contributed by atoms with Gasteiger partial charge >= 0.3 is 0 Å². The molecule has 2 aromatic rings. The van der Waals surface area contributed by atoms with Gasteiger partial charge in [-0.25, -0.2) is 0 Å². The summed E-state index contributed by atoms with van der Waals surface area (Å²) in [5, 5.41) is 27.6. The maximum absolute atomic E-state index is 12.3. The van der Waals surface area contributed by atoms with Crippen LogP contribution in [0.15, 0.2) is 29.0 Å². The van der Waals surface area contributed by atoms with Gasteiger partial charge in [0.05, 0.1) is 5.60 Å². The zero-order chi connectivity index (χ0) is 24.3. The van der Waals surface area contributed by atoms with Crippen molar-refractivity contribution in [3.8, 4) is 11.5 Å². The van der Waals surface area contributed by atoms with Gasteiger partial charge in [-0.2, -0.15) is 11.3 Å². The molecule has 2 N–H and O–H groups in total. The van der Waals surface area contributed by atoms with Crippen molar-refractivity contribution in [3.63, 3.8) is 0 Å². The number of methoxy groups -OCH3 is 1. The summed E-state index contributed by atoms with van der Waals surface area (Å²) < 4.78 is 13.6. The van der Waals surface area contributed by atoms with Crippen LogP contribution in [0.5, 0.6) is 11.5 Å². The first-order valence-corrected chi connectivity index (χ1v) is 15.1. The Morgan fingerprint density at radius 3 is 2.75 bits per heavy atom. The lowest BCUT2D eigenvalue weighted by Crippen LogP contribution is -2.80. The molecule has 0 saturated heterocycles. The Morgan fingerprint density at radius 1 is 1.14 bits per heavy atom. The third-order valence-corrected chi connectivity index (χ3v) is 13.9. The highest BCUT2D eigenvalue weighted by atomic mass is 32.1. The summed E-state index contributed by atoms with van der Waals surface area (Å²) in [6.07, 6.45) is 12.0. The van der Waals surface area contributed by atoms with E-state index in [1.165, 1.54) is 43.2 Å². The maximum Gasteiger partial charge on any atom is 0.165 e. The van der Waals surface area contributed by atoms with Crippen molar-refractivity contribution in [2.24, 2.45) is 28.1 Å². The van der Waals surface area contributed by atoms with E-state index in [0.29, 0.717) is 5.41 Å². The van der Waals surface area contributed by atoms with E-state index in [2.05, 4.69) is 22.9 Å². The molecule has 4 nitrogen and oxygen atoms in total. The van der Waals surface area contributed by atoms with E-state index in [-0.39, 0.29) is 34.0 Å². The molecule has 1 aliphatic heterocycles. The number of ether oxygens (including phenoxy) is 2. The molecule has 1 aromatic carbocycles. The number of phenolic OH excluding ortho intramolecular Hbond substituents is 1. The monoisotopic (exact) mass is 504 g/mol. The number of aromatic hydroxyl groups is 1. The minimum Gasteiger partial charge on any atom is -0.504 e. The van der Waals surface area contributed by atoms with Gasteiger partial charge < -0.3 is 19.7 Å². The van der Waals surface area contributed by atoms with Gasteiger partial charge in [-0.1, -0.05) is 18.9 Å². The van der Waals surface area contributed by atoms with Crippen LogP contribution in [0, 0.1) is 28.1 Å². The van der Waals surface area contributed by atoms with Crippen LogP contribution < -0.4 is 4.74 Å². The van der Waals surface area contributed by atoms with Crippen LogP contribution in [0.1, 0.15) is 81.4 Å². The number of fused-ring (bicyclic) bond motifs is 2. The van der Waals surface area contributed by atoms with Crippen LogP contribution in [0.4, 0.5) is 0 Å². The topological polar surface area (TPSA) is 58.9 Å². The van der Waals surface area contributed by atoms with E-state index >= 15 is 0 Å². The molecule has 2 unspecified atom stereocenters. The van der Waals surface area contributed by atoms with Crippen molar-refractivity contribution in [1.82, 2.24) is 0 Å². The van der Waals surface area contributed by atoms with Crippen molar-refractivity contribution < 1.29 is 19.7 Å². The van der Waals surface area contributed by atoms with Crippen LogP contribution >= 0.6 is 11.3 Å². The Kier molecular flexibility index (Phi) is 3.58. The first kappa shape index (κ1) is 21.4. The summed E-state index contributed by atoms with van der Waals surface area (Å²) in [6, 6.07) is 6.17. The average molecular weight is 505 g/mol. The molecule has 0 amide bonds. The number of aliphatic hydroxyl groups is 1. The molecule has 10 rings (SSSR count). The number of rotatable bonds is 5. The Morgan fingerprint density at radius 2 is 2.00 bits per heavy atom. The lowest BCUT2D eigenvalue weighted by Gasteiger charge is -2.75. The molecule has 36 heavy (non-hydrogen) atoms. The summed E-state index contributed by atoms with van der Waals surface area (Å²) in [5.74, 6) is 1.88. The molecule has 6 saturated carbocycles. The summed E-state index contributed by atoms with van der Waals surface area (Å²) in [6.45, 7) is 2.02. The fourth-order valence-electron chi connectivity index (χ4n) is 11.7. The summed E-state index contributed by atoms with van der Waals surface area (Å²) in [4.78, 5) is 0. The fraction of sp³-hybridized carbons (Fsp3) is 0.677. The SMILES string of the molecule is CO[C@]12CC[C@@]3(C[C@@H]1[C@](C)(O)c1ccsc1)C14Cc5ccc(O)c6c5[C@@]3(CCC1(CC1CC1)C4)[C@H]2O6. The molecule has 8 aliphatic rings. The Labute approximate surface area is 217 Å². The van der Waals surface area contributed by atoms with Crippen LogP contribution in [0.25, 0.3) is 0 Å². The molecule has 1 aromatic heterocycles. The largest absolute Gasteiger partial charge is 0.504 e. The molecule has 3 spiro atoms. The predicted molar refractivity (Wildman–Crippen MR) is 137 cm³/mol. The predicted octanol–water partition coefficient (Wildman–Crippen LogP) is 6.07. The minimum absolute atomic E-state index is 0.0521. The van der Waals surface area contributed by atoms with E-state index < -0.39 is 11.2 Å². The van der Waals surface area contributed by atoms with Crippen molar-refractivity contribution in [2.45, 2.75) is 93.9 Å². The van der Waals surface area contributed by atoms with Crippen molar-refractivity contribution in [3.05, 3.63) is 45.6 Å². The molecule has 8 atom stereocenters. The molecule has 190 valence electrons. The van der Waals surface area contributed by atoms with Gasteiger partial charge in [-0.05, 0) is 114 Å². The van der Waals surface area contributed by atoms with Gasteiger partial charge in [0.2, 0.25) is 0 Å². The minimum atomic E-state index is -0.996. The molecular formula is C31H36O4S. The van der Waals surface area contributed by atoms with Gasteiger partial charge in [0, 0.05) is 24.0 Å². The van der Waals surface area contributed by atoms with Gasteiger partial charge in [0.15, 0.2) is 11.5 Å². The summed E-state index contributed by atoms with van der Waals surface area (Å²) in [5.41, 5.74) is 2.88. The highest BCUT2D eigenvalue weighted by molar-refractivity contribution is 7.08. The molecular weight excluding hydrogens is 468 g/mol. The lowest BCUT2D eigenvalue weighted by molar-refractivity contribution is -0.308. The lowest BCUT2D eigenvalue weighted by atomic mass is 9.30. The quantitative estimate of drug-likeness (QED) is 0.519. The number of thiophene rings is 1. The number of benzene rings is 1. The Balaban J connectivity index is 1.32. The van der Waals surface area contributed by atoms with Gasteiger partial charge in [0.1, 0.15) is 11.7 Å². The number of hydrogen-bond acceptors (Lipinski definition) is 5. The first-order chi connectivity index (χ1) is 17.3. The first-order valence-electron chi connectivity index (χ1n) is 14.1. The van der Waals surface area contributed by atoms with Crippen molar-refractivity contribution in [1.29, 1.82) is 0 Å². The third-order valence-electron chi connectivity index (χ3n) is 13.2. The Bertz CT molecular complexity index is 1310. The fourth-order valence-corrected chi connectivity index (χ4v) is 12.5. The Hall–Kier alpha value is -1.56. The van der Waals surface area contributed by atoms with Gasteiger partial charge in [-0.15, -0.1) is 0 Å². The molecule has 5 heteroatoms. The van der Waals surface area contributed by atoms with Crippen LogP contribution in [-0.2, 0) is 22.2 Å². The van der Waals surface area contributed by atoms with Crippen LogP contribution in [0.2, 0.25) is 0 Å². The highest BCUT2D eigenvalue weighted by Gasteiger charge is 2.91. The molecule has 0 radical (unpaired) electrons. The van der Waals surface area contributed by atoms with E-state index in [9.17, 15) is 10.2 Å². The van der Waals surface area contributed by atoms with Crippen LogP contribution in [-0.4, -0.2) is 29.0 Å². The number of phenols is 1. The second-order valence-corrected chi connectivity index (χ2v) is 14.7. The average Bonchev–Trinajstić information content (AvgIpc) is 3.64. The maximum atomic E-state index is 12.3.